The molecule has 1 unspecified atom stereocenters. The Bertz CT molecular complexity index is 307. The van der Waals surface area contributed by atoms with E-state index in [0.29, 0.717) is 6.54 Å². The van der Waals surface area contributed by atoms with Gasteiger partial charge < -0.3 is 20.8 Å². The van der Waals surface area contributed by atoms with Crippen molar-refractivity contribution in [2.24, 2.45) is 0 Å². The van der Waals surface area contributed by atoms with Gasteiger partial charge in [0.15, 0.2) is 0 Å². The Balaban J connectivity index is 3.91. The number of nitrogens with one attached hydrogen (secondary N) is 2. The minimum Gasteiger partial charge on any atom is -0.481 e. The summed E-state index contributed by atoms with van der Waals surface area (Å²) >= 11 is 0. The lowest BCUT2D eigenvalue weighted by atomic mass is 10.0. The molecular weight excluding hydrogens is 224 g/mol. The molecule has 0 saturated carbocycles. The van der Waals surface area contributed by atoms with Crippen LogP contribution in [0.4, 0.5) is 4.79 Å². The average molecular weight is 244 g/mol. The predicted molar refractivity (Wildman–Crippen MR) is 63.7 cm³/mol. The fourth-order valence-corrected chi connectivity index (χ4v) is 1.07. The van der Waals surface area contributed by atoms with Gasteiger partial charge in [-0.05, 0) is 20.8 Å². The van der Waals surface area contributed by atoms with Gasteiger partial charge in [0.25, 0.3) is 0 Å². The summed E-state index contributed by atoms with van der Waals surface area (Å²) in [5.41, 5.74) is -0.358. The van der Waals surface area contributed by atoms with Crippen molar-refractivity contribution in [1.82, 2.24) is 10.6 Å². The summed E-state index contributed by atoms with van der Waals surface area (Å²) in [5.74, 6) is -1.11. The second-order valence-corrected chi connectivity index (χ2v) is 4.41. The first-order valence-electron chi connectivity index (χ1n) is 5.32. The minimum absolute atomic E-state index is 0.111. The third-order valence-electron chi connectivity index (χ3n) is 1.93. The summed E-state index contributed by atoms with van der Waals surface area (Å²) in [4.78, 5) is 21.7. The van der Waals surface area contributed by atoms with Crippen LogP contribution in [0.5, 0.6) is 0 Å². The largest absolute Gasteiger partial charge is 0.481 e. The van der Waals surface area contributed by atoms with Crippen molar-refractivity contribution < 1.29 is 19.8 Å². The predicted octanol–water partition coefficient (Wildman–Crippen LogP) is 0.477. The highest BCUT2D eigenvalue weighted by atomic mass is 16.4. The van der Waals surface area contributed by atoms with Gasteiger partial charge in [-0.1, -0.05) is 11.6 Å². The van der Waals surface area contributed by atoms with Crippen molar-refractivity contribution in [3.8, 4) is 0 Å². The highest BCUT2D eigenvalue weighted by molar-refractivity contribution is 5.74. The van der Waals surface area contributed by atoms with Crippen LogP contribution in [0.1, 0.15) is 27.2 Å². The number of urea groups is 1. The summed E-state index contributed by atoms with van der Waals surface area (Å²) in [6.07, 6.45) is 1.43. The van der Waals surface area contributed by atoms with Crippen LogP contribution in [0, 0.1) is 0 Å². The number of amides is 2. The standard InChI is InChI=1S/C11H20N2O4/c1-8(2)4-5-12-10(16)13-7-11(3,17)6-9(14)15/h4,17H,5-7H2,1-3H3,(H,14,15)(H2,12,13,16). The molecule has 0 rings (SSSR count). The van der Waals surface area contributed by atoms with E-state index in [1.54, 1.807) is 0 Å². The van der Waals surface area contributed by atoms with Crippen LogP contribution in [0.2, 0.25) is 0 Å². The molecule has 0 radical (unpaired) electrons. The van der Waals surface area contributed by atoms with Gasteiger partial charge in [0, 0.05) is 13.1 Å². The lowest BCUT2D eigenvalue weighted by Gasteiger charge is -2.21. The molecule has 0 aromatic heterocycles. The van der Waals surface area contributed by atoms with Crippen molar-refractivity contribution >= 4 is 12.0 Å². The number of hydrogen-bond donors (Lipinski definition) is 4. The van der Waals surface area contributed by atoms with Crippen molar-refractivity contribution in [3.05, 3.63) is 11.6 Å². The Labute approximate surface area is 101 Å². The van der Waals surface area contributed by atoms with E-state index in [9.17, 15) is 14.7 Å². The second kappa shape index (κ2) is 6.90. The summed E-state index contributed by atoms with van der Waals surface area (Å²) in [7, 11) is 0. The third kappa shape index (κ3) is 9.37. The average Bonchev–Trinajstić information content (AvgIpc) is 2.12. The Morgan fingerprint density at radius 1 is 1.29 bits per heavy atom. The SMILES string of the molecule is CC(C)=CCNC(=O)NCC(C)(O)CC(=O)O. The molecule has 0 aliphatic heterocycles. The monoisotopic (exact) mass is 244 g/mol. The highest BCUT2D eigenvalue weighted by Gasteiger charge is 2.24. The maximum Gasteiger partial charge on any atom is 0.315 e. The Morgan fingerprint density at radius 2 is 1.88 bits per heavy atom. The summed E-state index contributed by atoms with van der Waals surface area (Å²) in [5, 5.41) is 23.1. The quantitative estimate of drug-likeness (QED) is 0.511. The third-order valence-corrected chi connectivity index (χ3v) is 1.93. The first kappa shape index (κ1) is 15.4. The number of hydrogen-bond acceptors (Lipinski definition) is 3. The zero-order valence-electron chi connectivity index (χ0n) is 10.4. The van der Waals surface area contributed by atoms with Crippen molar-refractivity contribution in [2.45, 2.75) is 32.8 Å². The molecule has 17 heavy (non-hydrogen) atoms. The fourth-order valence-electron chi connectivity index (χ4n) is 1.07. The molecule has 98 valence electrons. The number of rotatable bonds is 6. The van der Waals surface area contributed by atoms with Crippen LogP contribution in [0.25, 0.3) is 0 Å². The van der Waals surface area contributed by atoms with Crippen LogP contribution in [-0.4, -0.2) is 40.9 Å². The van der Waals surface area contributed by atoms with E-state index in [1.165, 1.54) is 6.92 Å². The number of carboxylic acids is 1. The van der Waals surface area contributed by atoms with Crippen LogP contribution in [0.15, 0.2) is 11.6 Å². The molecule has 0 heterocycles. The van der Waals surface area contributed by atoms with Gasteiger partial charge in [0.05, 0.1) is 12.0 Å². The number of allylic oxidation sites excluding steroid dienone is 1. The summed E-state index contributed by atoms with van der Waals surface area (Å²) < 4.78 is 0. The van der Waals surface area contributed by atoms with Gasteiger partial charge in [0.2, 0.25) is 0 Å². The molecule has 0 aliphatic carbocycles. The normalized spacial score (nSPS) is 13.4. The van der Waals surface area contributed by atoms with E-state index in [1.807, 2.05) is 19.9 Å². The topological polar surface area (TPSA) is 98.7 Å². The minimum atomic E-state index is -1.44. The van der Waals surface area contributed by atoms with Gasteiger partial charge >= 0.3 is 12.0 Å². The van der Waals surface area contributed by atoms with Gasteiger partial charge in [-0.15, -0.1) is 0 Å². The smallest absolute Gasteiger partial charge is 0.315 e. The maximum atomic E-state index is 11.2. The molecular formula is C11H20N2O4. The van der Waals surface area contributed by atoms with E-state index in [0.717, 1.165) is 5.57 Å². The number of carbonyl (C=O) groups is 2. The van der Waals surface area contributed by atoms with Gasteiger partial charge in [-0.25, -0.2) is 4.79 Å². The zero-order valence-corrected chi connectivity index (χ0v) is 10.4. The molecule has 0 spiro atoms. The number of aliphatic carboxylic acids is 1. The molecule has 0 aromatic carbocycles. The van der Waals surface area contributed by atoms with E-state index >= 15 is 0 Å². The zero-order chi connectivity index (χ0) is 13.5. The lowest BCUT2D eigenvalue weighted by molar-refractivity contribution is -0.141. The maximum absolute atomic E-state index is 11.2. The van der Waals surface area contributed by atoms with Crippen molar-refractivity contribution in [2.75, 3.05) is 13.1 Å². The van der Waals surface area contributed by atoms with Crippen LogP contribution >= 0.6 is 0 Å². The molecule has 1 atom stereocenters. The molecule has 0 fully saturated rings. The summed E-state index contributed by atoms with van der Waals surface area (Å²) in [6.45, 7) is 5.47. The molecule has 6 heteroatoms. The molecule has 0 bridgehead atoms. The molecule has 4 N–H and O–H groups in total. The molecule has 0 aromatic rings. The Morgan fingerprint density at radius 3 is 2.35 bits per heavy atom. The Kier molecular flexibility index (Phi) is 6.27. The first-order valence-corrected chi connectivity index (χ1v) is 5.32. The van der Waals surface area contributed by atoms with Crippen LogP contribution in [-0.2, 0) is 4.79 Å². The van der Waals surface area contributed by atoms with Crippen LogP contribution in [0.3, 0.4) is 0 Å². The van der Waals surface area contributed by atoms with Crippen LogP contribution < -0.4 is 10.6 Å². The molecule has 2 amide bonds. The van der Waals surface area contributed by atoms with Gasteiger partial charge in [0.1, 0.15) is 0 Å². The fraction of sp³-hybridized carbons (Fsp3) is 0.636. The molecule has 0 saturated heterocycles. The van der Waals surface area contributed by atoms with E-state index in [-0.39, 0.29) is 6.54 Å². The molecule has 6 nitrogen and oxygen atoms in total. The first-order chi connectivity index (χ1) is 7.73. The second-order valence-electron chi connectivity index (χ2n) is 4.41. The van der Waals surface area contributed by atoms with E-state index < -0.39 is 24.0 Å². The number of carboxylic acid groups (broad SMARTS) is 1. The van der Waals surface area contributed by atoms with Gasteiger partial charge in [-0.3, -0.25) is 4.79 Å². The lowest BCUT2D eigenvalue weighted by Crippen LogP contribution is -2.45. The number of aliphatic hydroxyl groups is 1. The number of carbonyl (C=O) groups excluding carboxylic acids is 1. The van der Waals surface area contributed by atoms with Crippen molar-refractivity contribution in [1.29, 1.82) is 0 Å². The Hall–Kier alpha value is -1.56. The van der Waals surface area contributed by atoms with E-state index in [2.05, 4.69) is 10.6 Å². The summed E-state index contributed by atoms with van der Waals surface area (Å²) in [6, 6.07) is -0.437. The van der Waals surface area contributed by atoms with Crippen molar-refractivity contribution in [3.63, 3.8) is 0 Å². The molecule has 0 aliphatic rings. The van der Waals surface area contributed by atoms with Gasteiger partial charge in [-0.2, -0.15) is 0 Å². The highest BCUT2D eigenvalue weighted by Crippen LogP contribution is 2.06. The van der Waals surface area contributed by atoms with E-state index in [4.69, 9.17) is 5.11 Å².